The number of carbonyl (C=O) groups excluding carboxylic acids is 1. The van der Waals surface area contributed by atoms with Gasteiger partial charge in [-0.3, -0.25) is 0 Å². The van der Waals surface area contributed by atoms with E-state index in [2.05, 4.69) is 17.6 Å². The van der Waals surface area contributed by atoms with Gasteiger partial charge in [-0.1, -0.05) is 25.1 Å². The number of benzene rings is 1. The average Bonchev–Trinajstić information content (AvgIpc) is 2.39. The molecule has 0 radical (unpaired) electrons. The van der Waals surface area contributed by atoms with E-state index in [0.29, 0.717) is 18.8 Å². The minimum atomic E-state index is -0.0996. The fourth-order valence-electron chi connectivity index (χ4n) is 1.83. The number of phenols is 1. The highest BCUT2D eigenvalue weighted by Gasteiger charge is 2.12. The Labute approximate surface area is 114 Å². The molecule has 1 rings (SSSR count). The van der Waals surface area contributed by atoms with Crippen LogP contribution in [-0.4, -0.2) is 43.2 Å². The van der Waals surface area contributed by atoms with Crippen LogP contribution < -0.4 is 10.6 Å². The Kier molecular flexibility index (Phi) is 6.15. The molecule has 0 spiro atoms. The van der Waals surface area contributed by atoms with Crippen LogP contribution in [0.3, 0.4) is 0 Å². The molecule has 0 aromatic heterocycles. The first-order valence-corrected chi connectivity index (χ1v) is 6.52. The number of amides is 2. The molecule has 0 heterocycles. The zero-order valence-corrected chi connectivity index (χ0v) is 11.8. The number of rotatable bonds is 6. The summed E-state index contributed by atoms with van der Waals surface area (Å²) < 4.78 is 0. The smallest absolute Gasteiger partial charge is 0.316 e. The summed E-state index contributed by atoms with van der Waals surface area (Å²) in [5.41, 5.74) is 0.893. The number of phenolic OH excluding ortho intramolecular Hbond substituents is 1. The van der Waals surface area contributed by atoms with E-state index in [-0.39, 0.29) is 12.1 Å². The number of hydrogen-bond donors (Lipinski definition) is 3. The number of urea groups is 1. The van der Waals surface area contributed by atoms with E-state index in [1.165, 1.54) is 4.90 Å². The molecule has 0 saturated heterocycles. The molecule has 1 atom stereocenters. The van der Waals surface area contributed by atoms with Gasteiger partial charge in [0.2, 0.25) is 0 Å². The third-order valence-electron chi connectivity index (χ3n) is 2.92. The van der Waals surface area contributed by atoms with Gasteiger partial charge in [-0.25, -0.2) is 4.79 Å². The van der Waals surface area contributed by atoms with Crippen LogP contribution in [0.4, 0.5) is 4.79 Å². The summed E-state index contributed by atoms with van der Waals surface area (Å²) in [6, 6.07) is 7.31. The molecule has 0 aliphatic rings. The second kappa shape index (κ2) is 7.63. The number of hydrogen-bond acceptors (Lipinski definition) is 3. The molecule has 1 aromatic carbocycles. The van der Waals surface area contributed by atoms with Crippen molar-refractivity contribution in [3.63, 3.8) is 0 Å². The highest BCUT2D eigenvalue weighted by atomic mass is 16.3. The maximum Gasteiger partial charge on any atom is 0.316 e. The Morgan fingerprint density at radius 1 is 1.32 bits per heavy atom. The summed E-state index contributed by atoms with van der Waals surface area (Å²) in [7, 11) is 3.42. The molecule has 0 aliphatic heterocycles. The predicted molar refractivity (Wildman–Crippen MR) is 76.2 cm³/mol. The van der Waals surface area contributed by atoms with Gasteiger partial charge in [0.25, 0.3) is 0 Å². The van der Waals surface area contributed by atoms with Crippen LogP contribution in [-0.2, 0) is 0 Å². The number of para-hydroxylation sites is 1. The number of carbonyl (C=O) groups is 1. The van der Waals surface area contributed by atoms with E-state index in [0.717, 1.165) is 12.0 Å². The Morgan fingerprint density at radius 2 is 2.00 bits per heavy atom. The van der Waals surface area contributed by atoms with Crippen LogP contribution in [0.15, 0.2) is 24.3 Å². The van der Waals surface area contributed by atoms with E-state index in [1.54, 1.807) is 20.2 Å². The molecular formula is C14H23N3O2. The molecule has 0 aliphatic carbocycles. The fourth-order valence-corrected chi connectivity index (χ4v) is 1.83. The Morgan fingerprint density at radius 3 is 2.58 bits per heavy atom. The second-order valence-electron chi connectivity index (χ2n) is 4.60. The van der Waals surface area contributed by atoms with Gasteiger partial charge >= 0.3 is 6.03 Å². The Balaban J connectivity index is 2.42. The van der Waals surface area contributed by atoms with Gasteiger partial charge in [0, 0.05) is 38.8 Å². The maximum atomic E-state index is 11.3. The second-order valence-corrected chi connectivity index (χ2v) is 4.60. The summed E-state index contributed by atoms with van der Waals surface area (Å²) in [6.07, 6.45) is 0.874. The summed E-state index contributed by atoms with van der Waals surface area (Å²) in [4.78, 5) is 12.8. The topological polar surface area (TPSA) is 64.6 Å². The quantitative estimate of drug-likeness (QED) is 0.686. The van der Waals surface area contributed by atoms with Gasteiger partial charge < -0.3 is 20.6 Å². The SMILES string of the molecule is CCC(NCCNC(=O)N(C)C)c1ccccc1O. The normalized spacial score (nSPS) is 11.9. The molecule has 0 fully saturated rings. The summed E-state index contributed by atoms with van der Waals surface area (Å²) in [5, 5.41) is 15.9. The summed E-state index contributed by atoms with van der Waals surface area (Å²) >= 11 is 0. The average molecular weight is 265 g/mol. The van der Waals surface area contributed by atoms with E-state index in [4.69, 9.17) is 0 Å². The third kappa shape index (κ3) is 4.79. The first-order valence-electron chi connectivity index (χ1n) is 6.52. The lowest BCUT2D eigenvalue weighted by atomic mass is 10.0. The standard InChI is InChI=1S/C14H23N3O2/c1-4-12(11-7-5-6-8-13(11)18)15-9-10-16-14(19)17(2)3/h5-8,12,15,18H,4,9-10H2,1-3H3,(H,16,19). The third-order valence-corrected chi connectivity index (χ3v) is 2.92. The largest absolute Gasteiger partial charge is 0.508 e. The van der Waals surface area contributed by atoms with Crippen LogP contribution in [0.2, 0.25) is 0 Å². The van der Waals surface area contributed by atoms with Crippen LogP contribution in [0, 0.1) is 0 Å². The van der Waals surface area contributed by atoms with Gasteiger partial charge in [-0.05, 0) is 12.5 Å². The van der Waals surface area contributed by atoms with E-state index >= 15 is 0 Å². The van der Waals surface area contributed by atoms with Crippen molar-refractivity contribution in [2.24, 2.45) is 0 Å². The molecule has 0 bridgehead atoms. The molecule has 2 amide bonds. The lowest BCUT2D eigenvalue weighted by Gasteiger charge is -2.19. The Hall–Kier alpha value is -1.75. The van der Waals surface area contributed by atoms with Crippen LogP contribution >= 0.6 is 0 Å². The minimum Gasteiger partial charge on any atom is -0.508 e. The van der Waals surface area contributed by atoms with Crippen molar-refractivity contribution in [1.29, 1.82) is 0 Å². The van der Waals surface area contributed by atoms with E-state index < -0.39 is 0 Å². The fraction of sp³-hybridized carbons (Fsp3) is 0.500. The monoisotopic (exact) mass is 265 g/mol. The molecular weight excluding hydrogens is 242 g/mol. The molecule has 106 valence electrons. The molecule has 0 saturated carbocycles. The minimum absolute atomic E-state index is 0.0949. The number of nitrogens with one attached hydrogen (secondary N) is 2. The van der Waals surface area contributed by atoms with Gasteiger partial charge in [-0.2, -0.15) is 0 Å². The van der Waals surface area contributed by atoms with Gasteiger partial charge in [0.05, 0.1) is 0 Å². The predicted octanol–water partition coefficient (Wildman–Crippen LogP) is 1.70. The van der Waals surface area contributed by atoms with Crippen molar-refractivity contribution in [3.8, 4) is 5.75 Å². The number of nitrogens with zero attached hydrogens (tertiary/aromatic N) is 1. The molecule has 1 aromatic rings. The zero-order valence-electron chi connectivity index (χ0n) is 11.8. The highest BCUT2D eigenvalue weighted by Crippen LogP contribution is 2.25. The van der Waals surface area contributed by atoms with Crippen molar-refractivity contribution < 1.29 is 9.90 Å². The highest BCUT2D eigenvalue weighted by molar-refractivity contribution is 5.73. The molecule has 5 nitrogen and oxygen atoms in total. The first kappa shape index (κ1) is 15.3. The Bertz CT molecular complexity index is 407. The van der Waals surface area contributed by atoms with Crippen LogP contribution in [0.1, 0.15) is 24.9 Å². The lowest BCUT2D eigenvalue weighted by molar-refractivity contribution is 0.217. The summed E-state index contributed by atoms with van der Waals surface area (Å²) in [6.45, 7) is 3.27. The van der Waals surface area contributed by atoms with E-state index in [1.807, 2.05) is 18.2 Å². The maximum absolute atomic E-state index is 11.3. The van der Waals surface area contributed by atoms with Crippen molar-refractivity contribution in [2.75, 3.05) is 27.2 Å². The van der Waals surface area contributed by atoms with Crippen molar-refractivity contribution in [1.82, 2.24) is 15.5 Å². The van der Waals surface area contributed by atoms with Gasteiger partial charge in [0.15, 0.2) is 0 Å². The first-order chi connectivity index (χ1) is 9.06. The molecule has 3 N–H and O–H groups in total. The van der Waals surface area contributed by atoms with Crippen LogP contribution in [0.5, 0.6) is 5.75 Å². The van der Waals surface area contributed by atoms with E-state index in [9.17, 15) is 9.90 Å². The molecule has 19 heavy (non-hydrogen) atoms. The number of aromatic hydroxyl groups is 1. The van der Waals surface area contributed by atoms with Crippen LogP contribution in [0.25, 0.3) is 0 Å². The summed E-state index contributed by atoms with van der Waals surface area (Å²) in [5.74, 6) is 0.305. The van der Waals surface area contributed by atoms with Crippen molar-refractivity contribution in [3.05, 3.63) is 29.8 Å². The lowest BCUT2D eigenvalue weighted by Crippen LogP contribution is -2.39. The van der Waals surface area contributed by atoms with Gasteiger partial charge in [0.1, 0.15) is 5.75 Å². The van der Waals surface area contributed by atoms with Gasteiger partial charge in [-0.15, -0.1) is 0 Å². The molecule has 5 heteroatoms. The van der Waals surface area contributed by atoms with Crippen molar-refractivity contribution >= 4 is 6.03 Å². The zero-order chi connectivity index (χ0) is 14.3. The molecule has 1 unspecified atom stereocenters. The van der Waals surface area contributed by atoms with Crippen molar-refractivity contribution in [2.45, 2.75) is 19.4 Å².